The molecule has 0 bridgehead atoms. The number of aromatic nitrogens is 1. The Morgan fingerprint density at radius 1 is 1.00 bits per heavy atom. The van der Waals surface area contributed by atoms with E-state index in [0.717, 1.165) is 41.2 Å². The Morgan fingerprint density at radius 2 is 1.79 bits per heavy atom. The van der Waals surface area contributed by atoms with Crippen molar-refractivity contribution in [2.45, 2.75) is 45.4 Å². The van der Waals surface area contributed by atoms with Crippen LogP contribution in [0.15, 0.2) is 81.8 Å². The lowest BCUT2D eigenvalue weighted by Gasteiger charge is -2.20. The molecule has 5 rings (SSSR count). The second kappa shape index (κ2) is 9.46. The molecule has 2 aromatic carbocycles. The van der Waals surface area contributed by atoms with Gasteiger partial charge in [0.05, 0.1) is 18.5 Å². The van der Waals surface area contributed by atoms with Gasteiger partial charge in [-0.3, -0.25) is 9.69 Å². The average molecular weight is 442 g/mol. The molecular formula is C27H27N3O3. The van der Waals surface area contributed by atoms with Gasteiger partial charge in [-0.2, -0.15) is 0 Å². The van der Waals surface area contributed by atoms with E-state index in [4.69, 9.17) is 13.8 Å². The molecule has 0 unspecified atom stereocenters. The topological polar surface area (TPSA) is 71.5 Å². The van der Waals surface area contributed by atoms with Gasteiger partial charge < -0.3 is 14.2 Å². The molecule has 1 saturated carbocycles. The number of amides is 1. The predicted molar refractivity (Wildman–Crippen MR) is 125 cm³/mol. The summed E-state index contributed by atoms with van der Waals surface area (Å²) in [6, 6.07) is 22.0. The van der Waals surface area contributed by atoms with Crippen LogP contribution >= 0.6 is 0 Å². The van der Waals surface area contributed by atoms with Crippen LogP contribution < -0.4 is 5.32 Å². The standard InChI is InChI=1S/C27H27N3O3/c1-19-25(29-27(33-19)22-6-3-2-4-7-22)18-30(17-24-8-5-15-32-24)16-20-9-11-21(12-10-20)26(31)28-23-13-14-23/h2-12,15,23H,13-14,16-18H2,1H3,(H,28,31). The lowest BCUT2D eigenvalue weighted by Crippen LogP contribution is -2.25. The number of aryl methyl sites for hydroxylation is 1. The minimum absolute atomic E-state index is 0.00292. The third-order valence-corrected chi connectivity index (χ3v) is 5.78. The molecule has 6 nitrogen and oxygen atoms in total. The number of carbonyl (C=O) groups excluding carboxylic acids is 1. The summed E-state index contributed by atoms with van der Waals surface area (Å²) in [7, 11) is 0. The Bertz CT molecular complexity index is 1190. The quantitative estimate of drug-likeness (QED) is 0.380. The zero-order valence-corrected chi connectivity index (χ0v) is 18.7. The first-order chi connectivity index (χ1) is 16.1. The maximum absolute atomic E-state index is 12.3. The zero-order chi connectivity index (χ0) is 22.6. The van der Waals surface area contributed by atoms with Crippen LogP contribution in [0.2, 0.25) is 0 Å². The van der Waals surface area contributed by atoms with E-state index in [-0.39, 0.29) is 5.91 Å². The third-order valence-electron chi connectivity index (χ3n) is 5.78. The van der Waals surface area contributed by atoms with E-state index >= 15 is 0 Å². The summed E-state index contributed by atoms with van der Waals surface area (Å²) in [4.78, 5) is 19.3. The second-order valence-corrected chi connectivity index (χ2v) is 8.56. The number of benzene rings is 2. The first-order valence-corrected chi connectivity index (χ1v) is 11.3. The highest BCUT2D eigenvalue weighted by molar-refractivity contribution is 5.94. The van der Waals surface area contributed by atoms with E-state index in [1.54, 1.807) is 6.26 Å². The molecule has 33 heavy (non-hydrogen) atoms. The molecule has 0 aliphatic heterocycles. The highest BCUT2D eigenvalue weighted by Crippen LogP contribution is 2.24. The molecule has 1 aliphatic carbocycles. The molecule has 2 heterocycles. The lowest BCUT2D eigenvalue weighted by molar-refractivity contribution is 0.0951. The number of rotatable bonds is 9. The fraction of sp³-hybridized carbons (Fsp3) is 0.259. The van der Waals surface area contributed by atoms with Gasteiger partial charge in [0, 0.05) is 30.3 Å². The van der Waals surface area contributed by atoms with Gasteiger partial charge in [0.15, 0.2) is 0 Å². The van der Waals surface area contributed by atoms with Crippen LogP contribution in [0.4, 0.5) is 0 Å². The maximum atomic E-state index is 12.3. The minimum atomic E-state index is 0.00292. The van der Waals surface area contributed by atoms with Crippen LogP contribution in [0.5, 0.6) is 0 Å². The Balaban J connectivity index is 1.32. The van der Waals surface area contributed by atoms with Gasteiger partial charge in [-0.15, -0.1) is 0 Å². The summed E-state index contributed by atoms with van der Waals surface area (Å²) in [5, 5.41) is 3.03. The van der Waals surface area contributed by atoms with Crippen LogP contribution in [0.1, 0.15) is 46.0 Å². The molecular weight excluding hydrogens is 414 g/mol. The van der Waals surface area contributed by atoms with Crippen molar-refractivity contribution in [2.24, 2.45) is 0 Å². The van der Waals surface area contributed by atoms with Crippen LogP contribution in [-0.4, -0.2) is 21.8 Å². The Morgan fingerprint density at radius 3 is 2.48 bits per heavy atom. The summed E-state index contributed by atoms with van der Waals surface area (Å²) < 4.78 is 11.6. The van der Waals surface area contributed by atoms with Gasteiger partial charge in [-0.05, 0) is 61.7 Å². The SMILES string of the molecule is Cc1oc(-c2ccccc2)nc1CN(Cc1ccc(C(=O)NC2CC2)cc1)Cc1ccco1. The first-order valence-electron chi connectivity index (χ1n) is 11.3. The van der Waals surface area contributed by atoms with Crippen LogP contribution in [0.25, 0.3) is 11.5 Å². The van der Waals surface area contributed by atoms with Gasteiger partial charge in [-0.25, -0.2) is 4.98 Å². The van der Waals surface area contributed by atoms with Crippen molar-refractivity contribution < 1.29 is 13.6 Å². The van der Waals surface area contributed by atoms with E-state index in [1.165, 1.54) is 0 Å². The molecule has 0 spiro atoms. The number of nitrogens with zero attached hydrogens (tertiary/aromatic N) is 2. The molecule has 0 atom stereocenters. The highest BCUT2D eigenvalue weighted by Gasteiger charge is 2.23. The van der Waals surface area contributed by atoms with E-state index < -0.39 is 0 Å². The number of oxazole rings is 1. The molecule has 0 radical (unpaired) electrons. The van der Waals surface area contributed by atoms with Crippen molar-refractivity contribution >= 4 is 5.91 Å². The van der Waals surface area contributed by atoms with Crippen LogP contribution in [-0.2, 0) is 19.6 Å². The van der Waals surface area contributed by atoms with Crippen molar-refractivity contribution in [3.8, 4) is 11.5 Å². The van der Waals surface area contributed by atoms with Crippen molar-refractivity contribution in [3.05, 3.63) is 101 Å². The minimum Gasteiger partial charge on any atom is -0.468 e. The summed E-state index contributed by atoms with van der Waals surface area (Å²) in [5.74, 6) is 2.33. The molecule has 1 fully saturated rings. The Kier molecular flexibility index (Phi) is 6.09. The Hall–Kier alpha value is -3.64. The van der Waals surface area contributed by atoms with Gasteiger partial charge >= 0.3 is 0 Å². The van der Waals surface area contributed by atoms with Crippen molar-refractivity contribution in [1.29, 1.82) is 0 Å². The first kappa shape index (κ1) is 21.2. The molecule has 4 aromatic rings. The van der Waals surface area contributed by atoms with Gasteiger partial charge in [0.25, 0.3) is 5.91 Å². The van der Waals surface area contributed by atoms with Gasteiger partial charge in [0.1, 0.15) is 11.5 Å². The molecule has 1 aliphatic rings. The van der Waals surface area contributed by atoms with E-state index in [1.807, 2.05) is 73.7 Å². The number of nitrogens with one attached hydrogen (secondary N) is 1. The van der Waals surface area contributed by atoms with Gasteiger partial charge in [-0.1, -0.05) is 30.3 Å². The molecule has 168 valence electrons. The number of carbonyl (C=O) groups is 1. The summed E-state index contributed by atoms with van der Waals surface area (Å²) in [6.07, 6.45) is 3.85. The number of hydrogen-bond acceptors (Lipinski definition) is 5. The number of furan rings is 1. The molecule has 2 aromatic heterocycles. The predicted octanol–water partition coefficient (Wildman–Crippen LogP) is 5.34. The van der Waals surface area contributed by atoms with Crippen molar-refractivity contribution in [1.82, 2.24) is 15.2 Å². The molecule has 1 N–H and O–H groups in total. The molecule has 6 heteroatoms. The van der Waals surface area contributed by atoms with Crippen molar-refractivity contribution in [2.75, 3.05) is 0 Å². The zero-order valence-electron chi connectivity index (χ0n) is 18.7. The lowest BCUT2D eigenvalue weighted by atomic mass is 10.1. The van der Waals surface area contributed by atoms with Crippen LogP contribution in [0.3, 0.4) is 0 Å². The molecule has 1 amide bonds. The normalized spacial score (nSPS) is 13.4. The third kappa shape index (κ3) is 5.41. The smallest absolute Gasteiger partial charge is 0.251 e. The van der Waals surface area contributed by atoms with Crippen molar-refractivity contribution in [3.63, 3.8) is 0 Å². The average Bonchev–Trinajstić information content (AvgIpc) is 3.35. The fourth-order valence-electron chi connectivity index (χ4n) is 3.80. The number of hydrogen-bond donors (Lipinski definition) is 1. The summed E-state index contributed by atoms with van der Waals surface area (Å²) >= 11 is 0. The largest absolute Gasteiger partial charge is 0.468 e. The van der Waals surface area contributed by atoms with E-state index in [9.17, 15) is 4.79 Å². The van der Waals surface area contributed by atoms with E-state index in [2.05, 4.69) is 10.2 Å². The second-order valence-electron chi connectivity index (χ2n) is 8.56. The Labute approximate surface area is 193 Å². The summed E-state index contributed by atoms with van der Waals surface area (Å²) in [6.45, 7) is 3.90. The molecule has 0 saturated heterocycles. The van der Waals surface area contributed by atoms with Crippen LogP contribution in [0, 0.1) is 6.92 Å². The highest BCUT2D eigenvalue weighted by atomic mass is 16.4. The fourth-order valence-corrected chi connectivity index (χ4v) is 3.80. The maximum Gasteiger partial charge on any atom is 0.251 e. The monoisotopic (exact) mass is 441 g/mol. The summed E-state index contributed by atoms with van der Waals surface area (Å²) in [5.41, 5.74) is 3.68. The van der Waals surface area contributed by atoms with E-state index in [0.29, 0.717) is 37.1 Å². The van der Waals surface area contributed by atoms with Gasteiger partial charge in [0.2, 0.25) is 5.89 Å².